The summed E-state index contributed by atoms with van der Waals surface area (Å²) in [6.07, 6.45) is 2.30. The molecule has 0 saturated heterocycles. The first-order chi connectivity index (χ1) is 8.11. The molecule has 3 N–H and O–H groups in total. The highest BCUT2D eigenvalue weighted by molar-refractivity contribution is 9.10. The molecule has 1 fully saturated rings. The second-order valence-corrected chi connectivity index (χ2v) is 5.60. The average Bonchev–Trinajstić information content (AvgIpc) is 3.09. The Kier molecular flexibility index (Phi) is 5.92. The molecule has 18 heavy (non-hydrogen) atoms. The third-order valence-corrected chi connectivity index (χ3v) is 3.74. The molecule has 1 aliphatic rings. The van der Waals surface area contributed by atoms with Crippen LogP contribution in [0.15, 0.2) is 22.7 Å². The molecule has 1 saturated carbocycles. The maximum Gasteiger partial charge on any atom is 0.253 e. The fourth-order valence-electron chi connectivity index (χ4n) is 1.79. The molecule has 1 aliphatic carbocycles. The zero-order chi connectivity index (χ0) is 12.4. The average molecular weight is 354 g/mol. The summed E-state index contributed by atoms with van der Waals surface area (Å²) in [6.45, 7) is 0.477. The van der Waals surface area contributed by atoms with Gasteiger partial charge in [-0.15, -0.1) is 12.4 Å². The van der Waals surface area contributed by atoms with Crippen LogP contribution in [0.25, 0.3) is 0 Å². The van der Waals surface area contributed by atoms with E-state index in [0.29, 0.717) is 23.0 Å². The maximum absolute atomic E-state index is 12.0. The number of hydrogen-bond acceptors (Lipinski definition) is 2. The summed E-state index contributed by atoms with van der Waals surface area (Å²) in [5.74, 6) is 0.392. The van der Waals surface area contributed by atoms with Crippen LogP contribution in [0.2, 0.25) is 5.02 Å². The van der Waals surface area contributed by atoms with E-state index in [1.165, 1.54) is 0 Å². The number of amides is 1. The predicted molar refractivity (Wildman–Crippen MR) is 79.4 cm³/mol. The summed E-state index contributed by atoms with van der Waals surface area (Å²) >= 11 is 9.33. The largest absolute Gasteiger partial charge is 0.348 e. The number of rotatable bonds is 4. The van der Waals surface area contributed by atoms with E-state index in [4.69, 9.17) is 17.3 Å². The lowest BCUT2D eigenvalue weighted by Crippen LogP contribution is -2.41. The Morgan fingerprint density at radius 1 is 1.56 bits per heavy atom. The molecule has 0 aromatic heterocycles. The summed E-state index contributed by atoms with van der Waals surface area (Å²) in [5.41, 5.74) is 6.14. The number of nitrogens with one attached hydrogen (secondary N) is 1. The molecule has 0 heterocycles. The van der Waals surface area contributed by atoms with Crippen molar-refractivity contribution >= 4 is 45.8 Å². The molecule has 2 rings (SSSR count). The molecule has 1 amide bonds. The normalized spacial score (nSPS) is 15.7. The van der Waals surface area contributed by atoms with Gasteiger partial charge in [0.2, 0.25) is 0 Å². The van der Waals surface area contributed by atoms with Gasteiger partial charge in [0.1, 0.15) is 0 Å². The maximum atomic E-state index is 12.0. The van der Waals surface area contributed by atoms with Crippen molar-refractivity contribution in [1.29, 1.82) is 0 Å². The Bertz CT molecular complexity index is 438. The smallest absolute Gasteiger partial charge is 0.253 e. The van der Waals surface area contributed by atoms with E-state index in [1.54, 1.807) is 18.2 Å². The molecule has 1 aromatic carbocycles. The van der Waals surface area contributed by atoms with Gasteiger partial charge >= 0.3 is 0 Å². The van der Waals surface area contributed by atoms with Crippen molar-refractivity contribution in [2.75, 3.05) is 6.54 Å². The Morgan fingerprint density at radius 2 is 2.22 bits per heavy atom. The van der Waals surface area contributed by atoms with Crippen LogP contribution < -0.4 is 11.1 Å². The summed E-state index contributed by atoms with van der Waals surface area (Å²) in [4.78, 5) is 12.0. The van der Waals surface area contributed by atoms with Crippen molar-refractivity contribution in [1.82, 2.24) is 5.32 Å². The summed E-state index contributed by atoms with van der Waals surface area (Å²) in [7, 11) is 0. The van der Waals surface area contributed by atoms with E-state index < -0.39 is 0 Å². The molecule has 6 heteroatoms. The number of hydrogen-bond donors (Lipinski definition) is 2. The van der Waals surface area contributed by atoms with E-state index in [2.05, 4.69) is 21.2 Å². The Hall–Kier alpha value is -0.290. The second-order valence-electron chi connectivity index (χ2n) is 4.28. The molecule has 100 valence electrons. The predicted octanol–water partition coefficient (Wildman–Crippen LogP) is 2.99. The zero-order valence-electron chi connectivity index (χ0n) is 9.66. The van der Waals surface area contributed by atoms with Gasteiger partial charge in [-0.3, -0.25) is 4.79 Å². The van der Waals surface area contributed by atoms with Gasteiger partial charge in [-0.1, -0.05) is 27.5 Å². The molecule has 0 aliphatic heterocycles. The highest BCUT2D eigenvalue weighted by Crippen LogP contribution is 2.32. The Balaban J connectivity index is 0.00000162. The fraction of sp³-hybridized carbons (Fsp3) is 0.417. The molecule has 1 aromatic rings. The third-order valence-electron chi connectivity index (χ3n) is 2.94. The summed E-state index contributed by atoms with van der Waals surface area (Å²) < 4.78 is 0.858. The molecule has 1 atom stereocenters. The lowest BCUT2D eigenvalue weighted by Gasteiger charge is -2.16. The van der Waals surface area contributed by atoms with Gasteiger partial charge in [0.25, 0.3) is 5.91 Å². The minimum absolute atomic E-state index is 0. The SMILES string of the molecule is Cl.NCC(NC(=O)c1ccc(Br)cc1Cl)C1CC1. The van der Waals surface area contributed by atoms with Crippen molar-refractivity contribution in [2.24, 2.45) is 11.7 Å². The Morgan fingerprint density at radius 3 is 2.72 bits per heavy atom. The molecule has 3 nitrogen and oxygen atoms in total. The van der Waals surface area contributed by atoms with E-state index in [-0.39, 0.29) is 24.4 Å². The summed E-state index contributed by atoms with van der Waals surface area (Å²) in [5, 5.41) is 3.39. The first-order valence-corrected chi connectivity index (χ1v) is 6.75. The fourth-order valence-corrected chi connectivity index (χ4v) is 2.55. The van der Waals surface area contributed by atoms with Crippen LogP contribution in [-0.4, -0.2) is 18.5 Å². The first kappa shape index (κ1) is 15.8. The highest BCUT2D eigenvalue weighted by Gasteiger charge is 2.31. The molecule has 0 radical (unpaired) electrons. The Labute approximate surface area is 126 Å². The van der Waals surface area contributed by atoms with Gasteiger partial charge in [-0.2, -0.15) is 0 Å². The lowest BCUT2D eigenvalue weighted by molar-refractivity contribution is 0.0933. The number of nitrogens with two attached hydrogens (primary N) is 1. The molecule has 0 bridgehead atoms. The number of carbonyl (C=O) groups is 1. The number of benzene rings is 1. The highest BCUT2D eigenvalue weighted by atomic mass is 79.9. The van der Waals surface area contributed by atoms with Gasteiger partial charge in [0.05, 0.1) is 10.6 Å². The van der Waals surface area contributed by atoms with Crippen molar-refractivity contribution in [3.8, 4) is 0 Å². The topological polar surface area (TPSA) is 55.1 Å². The van der Waals surface area contributed by atoms with Gasteiger partial charge < -0.3 is 11.1 Å². The standard InChI is InChI=1S/C12H14BrClN2O.ClH/c13-8-3-4-9(10(14)5-8)12(17)16-11(6-15)7-1-2-7;/h3-5,7,11H,1-2,6,15H2,(H,16,17);1H. The lowest BCUT2D eigenvalue weighted by atomic mass is 10.1. The minimum atomic E-state index is -0.148. The van der Waals surface area contributed by atoms with Gasteiger partial charge in [-0.25, -0.2) is 0 Å². The van der Waals surface area contributed by atoms with Crippen LogP contribution >= 0.6 is 39.9 Å². The van der Waals surface area contributed by atoms with E-state index >= 15 is 0 Å². The molecule has 0 spiro atoms. The van der Waals surface area contributed by atoms with Crippen LogP contribution in [0, 0.1) is 5.92 Å². The summed E-state index contributed by atoms with van der Waals surface area (Å²) in [6, 6.07) is 5.30. The minimum Gasteiger partial charge on any atom is -0.348 e. The monoisotopic (exact) mass is 352 g/mol. The van der Waals surface area contributed by atoms with Gasteiger partial charge in [0, 0.05) is 17.1 Å². The second kappa shape index (κ2) is 6.75. The zero-order valence-corrected chi connectivity index (χ0v) is 12.8. The van der Waals surface area contributed by atoms with Crippen molar-refractivity contribution in [2.45, 2.75) is 18.9 Å². The first-order valence-electron chi connectivity index (χ1n) is 5.58. The van der Waals surface area contributed by atoms with Crippen LogP contribution in [0.5, 0.6) is 0 Å². The van der Waals surface area contributed by atoms with E-state index in [9.17, 15) is 4.79 Å². The quantitative estimate of drug-likeness (QED) is 0.874. The number of halogens is 3. The molecular formula is C12H15BrCl2N2O. The number of carbonyl (C=O) groups excluding carboxylic acids is 1. The van der Waals surface area contributed by atoms with Crippen molar-refractivity contribution < 1.29 is 4.79 Å². The van der Waals surface area contributed by atoms with Crippen LogP contribution in [0.1, 0.15) is 23.2 Å². The van der Waals surface area contributed by atoms with Crippen molar-refractivity contribution in [3.63, 3.8) is 0 Å². The van der Waals surface area contributed by atoms with Gasteiger partial charge in [0.15, 0.2) is 0 Å². The van der Waals surface area contributed by atoms with Crippen LogP contribution in [0.4, 0.5) is 0 Å². The van der Waals surface area contributed by atoms with E-state index in [1.807, 2.05) is 0 Å². The van der Waals surface area contributed by atoms with Crippen LogP contribution in [0.3, 0.4) is 0 Å². The van der Waals surface area contributed by atoms with Gasteiger partial charge in [-0.05, 0) is 37.0 Å². The van der Waals surface area contributed by atoms with Crippen molar-refractivity contribution in [3.05, 3.63) is 33.3 Å². The molecule has 1 unspecified atom stereocenters. The van der Waals surface area contributed by atoms with Crippen LogP contribution in [-0.2, 0) is 0 Å². The molecular weight excluding hydrogens is 339 g/mol. The van der Waals surface area contributed by atoms with E-state index in [0.717, 1.165) is 17.3 Å². The third kappa shape index (κ3) is 3.85.